The molecule has 0 heterocycles. The molecule has 0 amide bonds. The topological polar surface area (TPSA) is 26.0 Å². The van der Waals surface area contributed by atoms with Crippen molar-refractivity contribution in [1.82, 2.24) is 0 Å². The van der Waals surface area contributed by atoms with Crippen LogP contribution in [0.5, 0.6) is 0 Å². The zero-order chi connectivity index (χ0) is 5.21. The Hall–Kier alpha value is 0.210. The van der Waals surface area contributed by atoms with Crippen LogP contribution in [0, 0.1) is 0 Å². The Morgan fingerprint density at radius 3 is 1.83 bits per heavy atom. The Labute approximate surface area is 43.1 Å². The van der Waals surface area contributed by atoms with Gasteiger partial charge in [0.2, 0.25) is 0 Å². The third-order valence-electron chi connectivity index (χ3n) is 0.308. The van der Waals surface area contributed by atoms with Crippen molar-refractivity contribution in [3.8, 4) is 0 Å². The second kappa shape index (κ2) is 1.78. The Morgan fingerprint density at radius 1 is 1.67 bits per heavy atom. The van der Waals surface area contributed by atoms with Crippen molar-refractivity contribution in [3.63, 3.8) is 0 Å². The third kappa shape index (κ3) is 4.21. The molecule has 38 valence electrons. The van der Waals surface area contributed by atoms with Crippen LogP contribution in [0.25, 0.3) is 0 Å². The van der Waals surface area contributed by atoms with Crippen molar-refractivity contribution in [2.24, 2.45) is 5.84 Å². The van der Waals surface area contributed by atoms with Crippen LogP contribution >= 0.6 is 11.6 Å². The van der Waals surface area contributed by atoms with Gasteiger partial charge in [0, 0.05) is 0 Å². The largest absolute Gasteiger partial charge is 0.241 e. The Bertz CT molecular complexity index is 38.5. The van der Waals surface area contributed by atoms with Crippen molar-refractivity contribution in [2.45, 2.75) is 0 Å². The van der Waals surface area contributed by atoms with Crippen LogP contribution in [0.3, 0.4) is 0 Å². The van der Waals surface area contributed by atoms with Gasteiger partial charge in [0.05, 0.1) is 14.1 Å². The minimum Gasteiger partial charge on any atom is -0.241 e. The fraction of sp³-hybridized carbons (Fsp3) is 1.00. The van der Waals surface area contributed by atoms with Gasteiger partial charge < -0.3 is 0 Å². The first-order valence-electron chi connectivity index (χ1n) is 1.74. The van der Waals surface area contributed by atoms with E-state index in [4.69, 9.17) is 17.4 Å². The first-order valence-corrected chi connectivity index (χ1v) is 2.27. The maximum atomic E-state index is 5.34. The monoisotopic (exact) mass is 109 g/mol. The number of hydrogen-bond acceptors (Lipinski definition) is 1. The number of halogens is 1. The minimum atomic E-state index is 0.335. The smallest absolute Gasteiger partial charge is 0.171 e. The summed E-state index contributed by atoms with van der Waals surface area (Å²) < 4.78 is 0.335. The van der Waals surface area contributed by atoms with E-state index < -0.39 is 0 Å². The average Bonchev–Trinajstić information content (AvgIpc) is 1.35. The number of rotatable bonds is 1. The van der Waals surface area contributed by atoms with Crippen LogP contribution < -0.4 is 5.84 Å². The number of nitrogens with zero attached hydrogens (tertiary/aromatic N) is 1. The van der Waals surface area contributed by atoms with Crippen LogP contribution in [0.15, 0.2) is 0 Å². The summed E-state index contributed by atoms with van der Waals surface area (Å²) in [5, 5.41) is 0. The van der Waals surface area contributed by atoms with Gasteiger partial charge in [0.15, 0.2) is 6.00 Å². The van der Waals surface area contributed by atoms with E-state index in [0.717, 1.165) is 0 Å². The molecule has 0 aromatic rings. The van der Waals surface area contributed by atoms with Crippen LogP contribution in [-0.2, 0) is 0 Å². The van der Waals surface area contributed by atoms with Crippen LogP contribution in [0.2, 0.25) is 0 Å². The van der Waals surface area contributed by atoms with Crippen molar-refractivity contribution in [1.29, 1.82) is 0 Å². The molecule has 0 aromatic heterocycles. The number of quaternary nitrogens is 1. The first-order chi connectivity index (χ1) is 2.56. The fourth-order valence-corrected chi connectivity index (χ4v) is 0. The van der Waals surface area contributed by atoms with Gasteiger partial charge >= 0.3 is 0 Å². The lowest BCUT2D eigenvalue weighted by Crippen LogP contribution is -2.45. The Balaban J connectivity index is 3.17. The molecule has 0 unspecified atom stereocenters. The molecule has 0 rings (SSSR count). The van der Waals surface area contributed by atoms with Gasteiger partial charge in [-0.25, -0.2) is 4.59 Å². The normalized spacial score (nSPS) is 12.0. The van der Waals surface area contributed by atoms with Gasteiger partial charge in [-0.3, -0.25) is 0 Å². The summed E-state index contributed by atoms with van der Waals surface area (Å²) in [5.74, 6) is 5.34. The molecule has 2 N–H and O–H groups in total. The third-order valence-corrected chi connectivity index (χ3v) is 0.924. The first kappa shape index (κ1) is 6.21. The molecular formula is C3H10ClN2+. The summed E-state index contributed by atoms with van der Waals surface area (Å²) in [6.45, 7) is 0. The summed E-state index contributed by atoms with van der Waals surface area (Å²) >= 11 is 5.32. The Kier molecular flexibility index (Phi) is 1.84. The lowest BCUT2D eigenvalue weighted by Gasteiger charge is -2.17. The van der Waals surface area contributed by atoms with Crippen LogP contribution in [0.4, 0.5) is 0 Å². The van der Waals surface area contributed by atoms with E-state index in [1.807, 2.05) is 14.1 Å². The van der Waals surface area contributed by atoms with Crippen molar-refractivity contribution in [2.75, 3.05) is 20.1 Å². The average molecular weight is 110 g/mol. The molecule has 0 spiro atoms. The lowest BCUT2D eigenvalue weighted by atomic mass is 10.9. The van der Waals surface area contributed by atoms with Gasteiger partial charge in [-0.2, -0.15) is 5.84 Å². The second-order valence-corrected chi connectivity index (χ2v) is 2.14. The number of alkyl halides is 1. The van der Waals surface area contributed by atoms with E-state index >= 15 is 0 Å². The highest BCUT2D eigenvalue weighted by molar-refractivity contribution is 6.16. The number of nitrogens with two attached hydrogens (primary N) is 1. The van der Waals surface area contributed by atoms with Gasteiger partial charge in [0.25, 0.3) is 0 Å². The summed E-state index contributed by atoms with van der Waals surface area (Å²) in [6.07, 6.45) is 0. The van der Waals surface area contributed by atoms with E-state index in [2.05, 4.69) is 0 Å². The molecule has 0 aliphatic heterocycles. The molecule has 0 saturated carbocycles. The van der Waals surface area contributed by atoms with Crippen molar-refractivity contribution < 1.29 is 4.59 Å². The van der Waals surface area contributed by atoms with Crippen molar-refractivity contribution >= 4 is 11.6 Å². The highest BCUT2D eigenvalue weighted by Crippen LogP contribution is 1.84. The summed E-state index contributed by atoms with van der Waals surface area (Å²) in [4.78, 5) is 0. The maximum absolute atomic E-state index is 5.34. The molecule has 0 bridgehead atoms. The maximum Gasteiger partial charge on any atom is 0.171 e. The molecule has 0 saturated heterocycles. The molecule has 0 atom stereocenters. The predicted octanol–water partition coefficient (Wildman–Crippen LogP) is 0.133. The summed E-state index contributed by atoms with van der Waals surface area (Å²) in [5.41, 5.74) is 0. The summed E-state index contributed by atoms with van der Waals surface area (Å²) in [7, 11) is 3.65. The standard InChI is InChI=1S/C3H10ClN2/c1-6(2,5)3-4/h3,5H2,1-2H3/q+1. The lowest BCUT2D eigenvalue weighted by molar-refractivity contribution is -0.891. The SMILES string of the molecule is C[N+](C)(N)CCl. The molecule has 3 heteroatoms. The summed E-state index contributed by atoms with van der Waals surface area (Å²) in [6, 6.07) is 0.458. The highest BCUT2D eigenvalue weighted by atomic mass is 35.5. The molecule has 0 aliphatic rings. The Morgan fingerprint density at radius 2 is 1.83 bits per heavy atom. The van der Waals surface area contributed by atoms with E-state index in [1.54, 1.807) is 0 Å². The molecule has 2 nitrogen and oxygen atoms in total. The zero-order valence-corrected chi connectivity index (χ0v) is 4.87. The molecular weight excluding hydrogens is 99.5 g/mol. The second-order valence-electron chi connectivity index (χ2n) is 1.90. The predicted molar refractivity (Wildman–Crippen MR) is 27.0 cm³/mol. The van der Waals surface area contributed by atoms with E-state index in [9.17, 15) is 0 Å². The molecule has 6 heavy (non-hydrogen) atoms. The van der Waals surface area contributed by atoms with E-state index in [1.165, 1.54) is 0 Å². The van der Waals surface area contributed by atoms with Gasteiger partial charge in [0.1, 0.15) is 0 Å². The van der Waals surface area contributed by atoms with Crippen molar-refractivity contribution in [3.05, 3.63) is 0 Å². The van der Waals surface area contributed by atoms with Gasteiger partial charge in [-0.15, -0.1) is 0 Å². The molecule has 0 fully saturated rings. The molecule has 0 aromatic carbocycles. The van der Waals surface area contributed by atoms with E-state index in [0.29, 0.717) is 10.6 Å². The molecule has 0 radical (unpaired) electrons. The number of hydrogen-bond donors (Lipinski definition) is 1. The zero-order valence-electron chi connectivity index (χ0n) is 4.11. The van der Waals surface area contributed by atoms with E-state index in [-0.39, 0.29) is 0 Å². The van der Waals surface area contributed by atoms with Crippen LogP contribution in [0.1, 0.15) is 0 Å². The fourth-order valence-electron chi connectivity index (χ4n) is 0. The van der Waals surface area contributed by atoms with Gasteiger partial charge in [-0.05, 0) is 0 Å². The highest BCUT2D eigenvalue weighted by Gasteiger charge is 2.01. The quantitative estimate of drug-likeness (QED) is 0.167. The minimum absolute atomic E-state index is 0.335. The van der Waals surface area contributed by atoms with Crippen LogP contribution in [-0.4, -0.2) is 24.7 Å². The molecule has 0 aliphatic carbocycles. The van der Waals surface area contributed by atoms with Gasteiger partial charge in [-0.1, -0.05) is 11.6 Å².